The van der Waals surface area contributed by atoms with Crippen molar-refractivity contribution in [2.75, 3.05) is 0 Å². The summed E-state index contributed by atoms with van der Waals surface area (Å²) in [7, 11) is 0. The van der Waals surface area contributed by atoms with Gasteiger partial charge in [-0.25, -0.2) is 0 Å². The molecule has 6 aromatic rings. The molecule has 1 aliphatic carbocycles. The Morgan fingerprint density at radius 3 is 0.930 bits per heavy atom. The summed E-state index contributed by atoms with van der Waals surface area (Å²) in [6.45, 7) is 0.258. The van der Waals surface area contributed by atoms with Crippen LogP contribution in [-0.4, -0.2) is 12.6 Å². The molecule has 0 unspecified atom stereocenters. The Balaban J connectivity index is 1.62. The zero-order valence-electron chi connectivity index (χ0n) is 24.8. The van der Waals surface area contributed by atoms with Crippen LogP contribution < -0.4 is 31.8 Å². The molecule has 43 heavy (non-hydrogen) atoms. The van der Waals surface area contributed by atoms with Crippen LogP contribution >= 0.6 is 13.8 Å². The second-order valence-corrected chi connectivity index (χ2v) is 18.3. The van der Waals surface area contributed by atoms with Crippen molar-refractivity contribution in [1.29, 1.82) is 0 Å². The van der Waals surface area contributed by atoms with Crippen LogP contribution in [-0.2, 0) is 5.41 Å². The number of hydrogen-bond donors (Lipinski definition) is 0. The lowest BCUT2D eigenvalue weighted by Gasteiger charge is -2.32. The minimum absolute atomic E-state index is 0.160. The van der Waals surface area contributed by atoms with Gasteiger partial charge in [-0.1, -0.05) is 184 Å². The quantitative estimate of drug-likeness (QED) is 0.177. The van der Waals surface area contributed by atoms with Crippen LogP contribution in [0, 0.1) is 0 Å². The molecular formula is C41H36P2. The Bertz CT molecular complexity index is 1790. The molecule has 0 amide bonds. The van der Waals surface area contributed by atoms with E-state index >= 15 is 0 Å². The van der Waals surface area contributed by atoms with E-state index in [2.05, 4.69) is 172 Å². The Hall–Kier alpha value is -4.08. The van der Waals surface area contributed by atoms with Gasteiger partial charge in [-0.15, -0.1) is 0 Å². The molecule has 0 aliphatic heterocycles. The summed E-state index contributed by atoms with van der Waals surface area (Å²) in [4.78, 5) is 0. The van der Waals surface area contributed by atoms with Gasteiger partial charge >= 0.3 is 0 Å². The molecule has 0 radical (unpaired) electrons. The highest BCUT2D eigenvalue weighted by Crippen LogP contribution is 2.56. The van der Waals surface area contributed by atoms with E-state index in [1.165, 1.54) is 54.1 Å². The molecule has 0 fully saturated rings. The second-order valence-electron chi connectivity index (χ2n) is 12.0. The second kappa shape index (κ2) is 10.6. The SMILES string of the molecule is C=P(c1ccccc1)(c1ccccc1)c1cccc2c1-c1c(cccc1P(=C)(c1ccccc1)c1ccccc1)C2(C)C. The van der Waals surface area contributed by atoms with Crippen molar-refractivity contribution in [3.63, 3.8) is 0 Å². The molecule has 2 heteroatoms. The molecule has 0 N–H and O–H groups in total. The minimum atomic E-state index is -2.25. The lowest BCUT2D eigenvalue weighted by atomic mass is 9.82. The van der Waals surface area contributed by atoms with Gasteiger partial charge in [-0.3, -0.25) is 0 Å². The molecule has 7 rings (SSSR count). The fraction of sp³-hybridized carbons (Fsp3) is 0.0732. The minimum Gasteiger partial charge on any atom is -0.0887 e. The molecule has 0 spiro atoms. The van der Waals surface area contributed by atoms with E-state index in [1.807, 2.05) is 0 Å². The van der Waals surface area contributed by atoms with Gasteiger partial charge in [0, 0.05) is 5.41 Å². The van der Waals surface area contributed by atoms with Crippen LogP contribution in [0.3, 0.4) is 0 Å². The maximum Gasteiger partial charge on any atom is 0.0159 e. The molecule has 0 atom stereocenters. The van der Waals surface area contributed by atoms with Crippen LogP contribution in [0.4, 0.5) is 0 Å². The summed E-state index contributed by atoms with van der Waals surface area (Å²) in [6.07, 6.45) is 10.4. The van der Waals surface area contributed by atoms with E-state index in [0.717, 1.165) is 0 Å². The Morgan fingerprint density at radius 1 is 0.372 bits per heavy atom. The maximum atomic E-state index is 5.19. The predicted molar refractivity (Wildman–Crippen MR) is 196 cm³/mol. The maximum absolute atomic E-state index is 5.19. The summed E-state index contributed by atoms with van der Waals surface area (Å²) in [6, 6.07) is 57.7. The predicted octanol–water partition coefficient (Wildman–Crippen LogP) is 7.44. The van der Waals surface area contributed by atoms with Crippen molar-refractivity contribution in [3.05, 3.63) is 169 Å². The molecule has 210 valence electrons. The van der Waals surface area contributed by atoms with Crippen LogP contribution in [0.5, 0.6) is 0 Å². The molecule has 0 heterocycles. The molecule has 0 nitrogen and oxygen atoms in total. The number of fused-ring (bicyclic) bond motifs is 3. The van der Waals surface area contributed by atoms with Crippen molar-refractivity contribution in [2.45, 2.75) is 19.3 Å². The first kappa shape index (κ1) is 27.7. The lowest BCUT2D eigenvalue weighted by molar-refractivity contribution is 0.661. The highest BCUT2D eigenvalue weighted by Gasteiger charge is 2.42. The van der Waals surface area contributed by atoms with E-state index < -0.39 is 13.8 Å². The van der Waals surface area contributed by atoms with Crippen molar-refractivity contribution in [3.8, 4) is 11.1 Å². The van der Waals surface area contributed by atoms with Crippen molar-refractivity contribution in [1.82, 2.24) is 0 Å². The van der Waals surface area contributed by atoms with Crippen LogP contribution in [0.25, 0.3) is 11.1 Å². The zero-order valence-corrected chi connectivity index (χ0v) is 26.6. The number of rotatable bonds is 6. The monoisotopic (exact) mass is 590 g/mol. The van der Waals surface area contributed by atoms with E-state index in [-0.39, 0.29) is 5.41 Å². The van der Waals surface area contributed by atoms with Gasteiger partial charge in [-0.05, 0) is 67.9 Å². The van der Waals surface area contributed by atoms with Crippen LogP contribution in [0.15, 0.2) is 158 Å². The van der Waals surface area contributed by atoms with Gasteiger partial charge in [0.15, 0.2) is 0 Å². The van der Waals surface area contributed by atoms with Gasteiger partial charge in [0.1, 0.15) is 0 Å². The lowest BCUT2D eigenvalue weighted by Crippen LogP contribution is -2.30. The molecule has 0 saturated carbocycles. The van der Waals surface area contributed by atoms with Crippen LogP contribution in [0.2, 0.25) is 0 Å². The molecule has 1 aliphatic rings. The topological polar surface area (TPSA) is 0 Å². The highest BCUT2D eigenvalue weighted by atomic mass is 31.2. The summed E-state index contributed by atoms with van der Waals surface area (Å²) in [5, 5.41) is 7.85. The normalized spacial score (nSPS) is 13.7. The molecule has 6 aromatic carbocycles. The Labute approximate surface area is 256 Å². The largest absolute Gasteiger partial charge is 0.0887 e. The number of hydrogen-bond acceptors (Lipinski definition) is 0. The standard InChI is InChI=1S/C41H36P2/c1-41(2)35-27-17-29-37(42(3,31-19-9-5-10-20-31)32-21-11-6-12-22-32)39(35)40-36(41)28-18-30-38(40)43(4,33-23-13-7-14-24-33)34-25-15-8-16-26-34/h5-30H,3-4H2,1-2H3. The Kier molecular flexibility index (Phi) is 6.82. The average Bonchev–Trinajstić information content (AvgIpc) is 3.32. The van der Waals surface area contributed by atoms with Gasteiger partial charge in [0.25, 0.3) is 0 Å². The van der Waals surface area contributed by atoms with Crippen LogP contribution in [0.1, 0.15) is 25.0 Å². The highest BCUT2D eigenvalue weighted by molar-refractivity contribution is 7.94. The molecule has 0 aromatic heterocycles. The van der Waals surface area contributed by atoms with Gasteiger partial charge in [-0.2, -0.15) is 0 Å². The van der Waals surface area contributed by atoms with Gasteiger partial charge in [0.2, 0.25) is 0 Å². The van der Waals surface area contributed by atoms with Crippen molar-refractivity contribution < 1.29 is 0 Å². The average molecular weight is 591 g/mol. The molecule has 0 bridgehead atoms. The fourth-order valence-electron chi connectivity index (χ4n) is 7.01. The van der Waals surface area contributed by atoms with Crippen molar-refractivity contribution >= 4 is 58.2 Å². The van der Waals surface area contributed by atoms with E-state index in [1.54, 1.807) is 0 Å². The van der Waals surface area contributed by atoms with Gasteiger partial charge < -0.3 is 0 Å². The summed E-state index contributed by atoms with van der Waals surface area (Å²) in [5.74, 6) is 0. The fourth-order valence-corrected chi connectivity index (χ4v) is 13.4. The van der Waals surface area contributed by atoms with Gasteiger partial charge in [0.05, 0.1) is 0 Å². The zero-order chi connectivity index (χ0) is 29.7. The third-order valence-electron chi connectivity index (χ3n) is 9.29. The third kappa shape index (κ3) is 4.20. The van der Waals surface area contributed by atoms with E-state index in [0.29, 0.717) is 0 Å². The summed E-state index contributed by atoms with van der Waals surface area (Å²) < 4.78 is 0. The smallest absolute Gasteiger partial charge is 0.0159 e. The summed E-state index contributed by atoms with van der Waals surface area (Å²) in [5.41, 5.74) is 5.30. The Morgan fingerprint density at radius 2 is 0.651 bits per heavy atom. The van der Waals surface area contributed by atoms with Crippen molar-refractivity contribution in [2.24, 2.45) is 0 Å². The first-order chi connectivity index (χ1) is 20.9. The third-order valence-corrected chi connectivity index (χ3v) is 16.4. The number of benzene rings is 6. The molecular weight excluding hydrogens is 554 g/mol. The van der Waals surface area contributed by atoms with E-state index in [9.17, 15) is 0 Å². The van der Waals surface area contributed by atoms with E-state index in [4.69, 9.17) is 12.6 Å². The first-order valence-corrected chi connectivity index (χ1v) is 18.8. The first-order valence-electron chi connectivity index (χ1n) is 14.9. The summed E-state index contributed by atoms with van der Waals surface area (Å²) >= 11 is 0. The molecule has 0 saturated heterocycles.